The van der Waals surface area contributed by atoms with Crippen molar-refractivity contribution in [3.05, 3.63) is 0 Å². The molecular formula is C8H14FNO2. The van der Waals surface area contributed by atoms with E-state index in [1.54, 1.807) is 4.90 Å². The fraction of sp³-hybridized carbons (Fsp3) is 0.875. The number of piperidine rings is 1. The number of hydrogen-bond donors (Lipinski definition) is 1. The summed E-state index contributed by atoms with van der Waals surface area (Å²) in [5.41, 5.74) is -1.45. The first-order chi connectivity index (χ1) is 5.57. The van der Waals surface area contributed by atoms with Crippen LogP contribution in [-0.2, 0) is 4.79 Å². The Balaban J connectivity index is 2.44. The van der Waals surface area contributed by atoms with E-state index in [2.05, 4.69) is 0 Å². The van der Waals surface area contributed by atoms with Crippen molar-refractivity contribution in [2.75, 3.05) is 19.7 Å². The standard InChI is InChI=1S/C8H14FNO2/c1-7(12)10-4-2-8(9,6-11)3-5-10/h11H,2-6H2,1H3. The number of amides is 1. The summed E-state index contributed by atoms with van der Waals surface area (Å²) in [5.74, 6) is -0.0185. The smallest absolute Gasteiger partial charge is 0.219 e. The maximum absolute atomic E-state index is 13.4. The summed E-state index contributed by atoms with van der Waals surface area (Å²) in [7, 11) is 0. The highest BCUT2D eigenvalue weighted by Gasteiger charge is 2.34. The van der Waals surface area contributed by atoms with Gasteiger partial charge in [0.2, 0.25) is 5.91 Å². The van der Waals surface area contributed by atoms with Crippen molar-refractivity contribution in [3.8, 4) is 0 Å². The van der Waals surface area contributed by atoms with Gasteiger partial charge in [-0.15, -0.1) is 0 Å². The van der Waals surface area contributed by atoms with E-state index in [-0.39, 0.29) is 18.7 Å². The zero-order valence-corrected chi connectivity index (χ0v) is 7.22. The molecule has 1 aliphatic rings. The lowest BCUT2D eigenvalue weighted by Crippen LogP contribution is -2.45. The third kappa shape index (κ3) is 1.94. The Hall–Kier alpha value is -0.640. The second kappa shape index (κ2) is 3.39. The highest BCUT2D eigenvalue weighted by Crippen LogP contribution is 2.25. The normalized spacial score (nSPS) is 22.4. The third-order valence-electron chi connectivity index (χ3n) is 2.39. The summed E-state index contributed by atoms with van der Waals surface area (Å²) >= 11 is 0. The van der Waals surface area contributed by atoms with Gasteiger partial charge in [-0.3, -0.25) is 4.79 Å². The molecule has 1 aliphatic heterocycles. The molecule has 3 nitrogen and oxygen atoms in total. The van der Waals surface area contributed by atoms with Gasteiger partial charge >= 0.3 is 0 Å². The molecule has 4 heteroatoms. The minimum atomic E-state index is -1.45. The number of carbonyl (C=O) groups excluding carboxylic acids is 1. The first-order valence-corrected chi connectivity index (χ1v) is 4.13. The molecule has 1 fully saturated rings. The molecule has 0 aliphatic carbocycles. The first-order valence-electron chi connectivity index (χ1n) is 4.13. The molecule has 0 aromatic rings. The van der Waals surface area contributed by atoms with Gasteiger partial charge in [0.05, 0.1) is 6.61 Å². The van der Waals surface area contributed by atoms with Crippen LogP contribution in [0.4, 0.5) is 4.39 Å². The summed E-state index contributed by atoms with van der Waals surface area (Å²) in [6, 6.07) is 0. The van der Waals surface area contributed by atoms with Crippen LogP contribution in [-0.4, -0.2) is 41.3 Å². The Morgan fingerprint density at radius 1 is 1.58 bits per heavy atom. The summed E-state index contributed by atoms with van der Waals surface area (Å²) in [6.07, 6.45) is 0.506. The number of nitrogens with zero attached hydrogens (tertiary/aromatic N) is 1. The highest BCUT2D eigenvalue weighted by molar-refractivity contribution is 5.73. The minimum Gasteiger partial charge on any atom is -0.393 e. The van der Waals surface area contributed by atoms with E-state index >= 15 is 0 Å². The Bertz CT molecular complexity index is 176. The lowest BCUT2D eigenvalue weighted by molar-refractivity contribution is -0.132. The van der Waals surface area contributed by atoms with E-state index in [0.29, 0.717) is 13.1 Å². The molecule has 1 N–H and O–H groups in total. The topological polar surface area (TPSA) is 40.5 Å². The number of likely N-dealkylation sites (tertiary alicyclic amines) is 1. The second-order valence-corrected chi connectivity index (χ2v) is 3.32. The van der Waals surface area contributed by atoms with E-state index in [1.807, 2.05) is 0 Å². The molecule has 70 valence electrons. The van der Waals surface area contributed by atoms with Crippen LogP contribution in [0.1, 0.15) is 19.8 Å². The molecule has 0 aromatic carbocycles. The van der Waals surface area contributed by atoms with Gasteiger partial charge in [0, 0.05) is 32.9 Å². The van der Waals surface area contributed by atoms with Gasteiger partial charge in [-0.25, -0.2) is 4.39 Å². The molecule has 0 spiro atoms. The van der Waals surface area contributed by atoms with Crippen molar-refractivity contribution in [1.29, 1.82) is 0 Å². The van der Waals surface area contributed by atoms with Gasteiger partial charge in [-0.1, -0.05) is 0 Å². The van der Waals surface area contributed by atoms with E-state index in [4.69, 9.17) is 5.11 Å². The van der Waals surface area contributed by atoms with Crippen LogP contribution in [0.2, 0.25) is 0 Å². The average molecular weight is 175 g/mol. The average Bonchev–Trinajstić information content (AvgIpc) is 2.05. The summed E-state index contributed by atoms with van der Waals surface area (Å²) in [4.78, 5) is 12.4. The number of alkyl halides is 1. The Morgan fingerprint density at radius 2 is 2.08 bits per heavy atom. The summed E-state index contributed by atoms with van der Waals surface area (Å²) < 4.78 is 13.4. The fourth-order valence-electron chi connectivity index (χ4n) is 1.38. The van der Waals surface area contributed by atoms with Gasteiger partial charge in [0.25, 0.3) is 0 Å². The van der Waals surface area contributed by atoms with Gasteiger partial charge in [0.15, 0.2) is 0 Å². The van der Waals surface area contributed by atoms with Crippen LogP contribution in [0, 0.1) is 0 Å². The maximum atomic E-state index is 13.4. The largest absolute Gasteiger partial charge is 0.393 e. The highest BCUT2D eigenvalue weighted by atomic mass is 19.1. The monoisotopic (exact) mass is 175 g/mol. The fourth-order valence-corrected chi connectivity index (χ4v) is 1.38. The Kier molecular flexibility index (Phi) is 2.67. The van der Waals surface area contributed by atoms with Crippen molar-refractivity contribution in [2.24, 2.45) is 0 Å². The van der Waals surface area contributed by atoms with Crippen LogP contribution in [0.5, 0.6) is 0 Å². The molecule has 1 saturated heterocycles. The van der Waals surface area contributed by atoms with E-state index in [0.717, 1.165) is 0 Å². The van der Waals surface area contributed by atoms with Crippen LogP contribution < -0.4 is 0 Å². The van der Waals surface area contributed by atoms with Crippen molar-refractivity contribution in [1.82, 2.24) is 4.90 Å². The van der Waals surface area contributed by atoms with E-state index in [1.165, 1.54) is 6.92 Å². The number of hydrogen-bond acceptors (Lipinski definition) is 2. The Labute approximate surface area is 71.2 Å². The summed E-state index contributed by atoms with van der Waals surface area (Å²) in [5, 5.41) is 8.70. The maximum Gasteiger partial charge on any atom is 0.219 e. The zero-order valence-electron chi connectivity index (χ0n) is 7.22. The van der Waals surface area contributed by atoms with E-state index in [9.17, 15) is 9.18 Å². The second-order valence-electron chi connectivity index (χ2n) is 3.32. The molecule has 0 bridgehead atoms. The lowest BCUT2D eigenvalue weighted by Gasteiger charge is -2.34. The predicted molar refractivity (Wildman–Crippen MR) is 42.4 cm³/mol. The van der Waals surface area contributed by atoms with Gasteiger partial charge in [-0.2, -0.15) is 0 Å². The quantitative estimate of drug-likeness (QED) is 0.624. The van der Waals surface area contributed by atoms with Gasteiger partial charge in [-0.05, 0) is 0 Å². The van der Waals surface area contributed by atoms with Gasteiger partial charge in [0.1, 0.15) is 5.67 Å². The minimum absolute atomic E-state index is 0.0185. The molecule has 0 saturated carbocycles. The Morgan fingerprint density at radius 3 is 2.42 bits per heavy atom. The van der Waals surface area contributed by atoms with Crippen molar-refractivity contribution < 1.29 is 14.3 Å². The number of aliphatic hydroxyl groups excluding tert-OH is 1. The third-order valence-corrected chi connectivity index (χ3v) is 2.39. The molecule has 1 rings (SSSR count). The molecule has 1 heterocycles. The van der Waals surface area contributed by atoms with Crippen LogP contribution in [0.15, 0.2) is 0 Å². The summed E-state index contributed by atoms with van der Waals surface area (Å²) in [6.45, 7) is 1.89. The molecule has 0 aromatic heterocycles. The molecule has 12 heavy (non-hydrogen) atoms. The molecule has 0 unspecified atom stereocenters. The number of halogens is 1. The molecule has 1 amide bonds. The van der Waals surface area contributed by atoms with Crippen molar-refractivity contribution in [2.45, 2.75) is 25.4 Å². The number of carbonyl (C=O) groups is 1. The lowest BCUT2D eigenvalue weighted by atomic mass is 9.94. The predicted octanol–water partition coefficient (Wildman–Crippen LogP) is 0.329. The molecule has 0 atom stereocenters. The van der Waals surface area contributed by atoms with Crippen molar-refractivity contribution in [3.63, 3.8) is 0 Å². The van der Waals surface area contributed by atoms with Gasteiger partial charge < -0.3 is 10.0 Å². The number of rotatable bonds is 1. The molecule has 0 radical (unpaired) electrons. The van der Waals surface area contributed by atoms with Crippen LogP contribution in [0.25, 0.3) is 0 Å². The number of aliphatic hydroxyl groups is 1. The molecular weight excluding hydrogens is 161 g/mol. The van der Waals surface area contributed by atoms with E-state index < -0.39 is 12.3 Å². The SMILES string of the molecule is CC(=O)N1CCC(F)(CO)CC1. The van der Waals surface area contributed by atoms with Crippen molar-refractivity contribution >= 4 is 5.91 Å². The zero-order chi connectivity index (χ0) is 9.19. The first kappa shape index (κ1) is 9.45. The van der Waals surface area contributed by atoms with Crippen LogP contribution >= 0.6 is 0 Å². The van der Waals surface area contributed by atoms with Crippen LogP contribution in [0.3, 0.4) is 0 Å².